The number of nitrogens with one attached hydrogen (secondary N) is 1. The Morgan fingerprint density at radius 1 is 1.41 bits per heavy atom. The second-order valence-corrected chi connectivity index (χ2v) is 4.46. The van der Waals surface area contributed by atoms with E-state index < -0.39 is 0 Å². The highest BCUT2D eigenvalue weighted by Crippen LogP contribution is 2.11. The molecule has 0 aromatic carbocycles. The quantitative estimate of drug-likeness (QED) is 0.440. The molecule has 5 heteroatoms. The average Bonchev–Trinajstić information content (AvgIpc) is 2.16. The van der Waals surface area contributed by atoms with E-state index in [-0.39, 0.29) is 36.3 Å². The summed E-state index contributed by atoms with van der Waals surface area (Å²) < 4.78 is 5.25. The molecule has 104 valence electrons. The largest absolute Gasteiger partial charge is 0.443 e. The van der Waals surface area contributed by atoms with Crippen molar-refractivity contribution in [3.8, 4) is 0 Å². The number of carbonyl (C=O) groups is 1. The zero-order valence-corrected chi connectivity index (χ0v) is 12.4. The van der Waals surface area contributed by atoms with Gasteiger partial charge in [0.2, 0.25) is 0 Å². The lowest BCUT2D eigenvalue weighted by Gasteiger charge is -2.30. The van der Waals surface area contributed by atoms with Crippen molar-refractivity contribution in [3.05, 3.63) is 12.2 Å². The summed E-state index contributed by atoms with van der Waals surface area (Å²) in [7, 11) is 0. The molecule has 0 bridgehead atoms. The fourth-order valence-corrected chi connectivity index (χ4v) is 0.983. The minimum absolute atomic E-state index is 0. The van der Waals surface area contributed by atoms with Gasteiger partial charge in [0.05, 0.1) is 0 Å². The van der Waals surface area contributed by atoms with E-state index in [1.807, 2.05) is 6.92 Å². The number of hydrogen-bond acceptors (Lipinski definition) is 4. The summed E-state index contributed by atoms with van der Waals surface area (Å²) in [5, 5.41) is 3.29. The summed E-state index contributed by atoms with van der Waals surface area (Å²) in [6.45, 7) is 13.5. The highest BCUT2D eigenvalue weighted by Gasteiger charge is 2.21. The van der Waals surface area contributed by atoms with Gasteiger partial charge >= 0.3 is 5.97 Å². The van der Waals surface area contributed by atoms with E-state index >= 15 is 0 Å². The number of hydrogen-bond donors (Lipinski definition) is 2. The molecule has 0 aromatic rings. The van der Waals surface area contributed by atoms with Gasteiger partial charge in [0.15, 0.2) is 6.23 Å². The lowest BCUT2D eigenvalue weighted by atomic mass is 10.0. The number of rotatable bonds is 6. The smallest absolute Gasteiger partial charge is 0.334 e. The van der Waals surface area contributed by atoms with Gasteiger partial charge in [-0.1, -0.05) is 20.4 Å². The van der Waals surface area contributed by atoms with E-state index in [4.69, 9.17) is 4.74 Å². The molecule has 0 aromatic heterocycles. The van der Waals surface area contributed by atoms with Gasteiger partial charge in [0, 0.05) is 11.1 Å². The Balaban J connectivity index is -0.000000980. The van der Waals surface area contributed by atoms with Crippen LogP contribution in [0.1, 0.15) is 47.5 Å². The standard InChI is InChI=1S/C12H23NO2.ClH.H3N/c1-7-10(13-12(5,6)8-2)15-11(14)9(3)4;;/h10,13H,3,7-8H2,1-2,4-6H3;1H;1H3. The predicted molar refractivity (Wildman–Crippen MR) is 74.8 cm³/mol. The van der Waals surface area contributed by atoms with Crippen molar-refractivity contribution in [1.29, 1.82) is 0 Å². The molecule has 1 unspecified atom stereocenters. The Morgan fingerprint density at radius 3 is 2.18 bits per heavy atom. The highest BCUT2D eigenvalue weighted by atomic mass is 35.5. The van der Waals surface area contributed by atoms with Crippen LogP contribution in [0.15, 0.2) is 12.2 Å². The maximum atomic E-state index is 11.3. The zero-order chi connectivity index (χ0) is 12.1. The van der Waals surface area contributed by atoms with Crippen LogP contribution in [0.25, 0.3) is 0 Å². The number of carbonyl (C=O) groups excluding carboxylic acids is 1. The third-order valence-electron chi connectivity index (χ3n) is 2.40. The first-order valence-electron chi connectivity index (χ1n) is 5.46. The van der Waals surface area contributed by atoms with Gasteiger partial charge in [-0.3, -0.25) is 5.32 Å². The van der Waals surface area contributed by atoms with E-state index in [1.165, 1.54) is 0 Å². The second kappa shape index (κ2) is 9.45. The van der Waals surface area contributed by atoms with Crippen LogP contribution in [0.2, 0.25) is 0 Å². The molecule has 4 nitrogen and oxygen atoms in total. The molecule has 0 amide bonds. The number of halogens is 1. The molecule has 1 atom stereocenters. The van der Waals surface area contributed by atoms with Gasteiger partial charge in [-0.15, -0.1) is 12.4 Å². The van der Waals surface area contributed by atoms with Crippen LogP contribution >= 0.6 is 12.4 Å². The maximum Gasteiger partial charge on any atom is 0.334 e. The minimum atomic E-state index is -0.332. The van der Waals surface area contributed by atoms with Crippen LogP contribution in [0.4, 0.5) is 0 Å². The maximum absolute atomic E-state index is 11.3. The molecule has 0 heterocycles. The van der Waals surface area contributed by atoms with Gasteiger partial charge in [0.25, 0.3) is 0 Å². The third kappa shape index (κ3) is 9.15. The molecule has 0 rings (SSSR count). The molecule has 0 saturated heterocycles. The zero-order valence-electron chi connectivity index (χ0n) is 11.6. The molecular formula is C12H27ClN2O2. The van der Waals surface area contributed by atoms with E-state index in [9.17, 15) is 4.79 Å². The van der Waals surface area contributed by atoms with Crippen molar-refractivity contribution in [2.75, 3.05) is 0 Å². The number of esters is 1. The van der Waals surface area contributed by atoms with Gasteiger partial charge in [0.1, 0.15) is 0 Å². The van der Waals surface area contributed by atoms with Crippen LogP contribution in [-0.2, 0) is 9.53 Å². The molecule has 0 fully saturated rings. The summed E-state index contributed by atoms with van der Waals surface area (Å²) in [4.78, 5) is 11.3. The lowest BCUT2D eigenvalue weighted by molar-refractivity contribution is -0.147. The van der Waals surface area contributed by atoms with Crippen molar-refractivity contribution < 1.29 is 9.53 Å². The van der Waals surface area contributed by atoms with Crippen molar-refractivity contribution in [2.45, 2.75) is 59.2 Å². The fraction of sp³-hybridized carbons (Fsp3) is 0.750. The first-order valence-corrected chi connectivity index (χ1v) is 5.46. The van der Waals surface area contributed by atoms with Gasteiger partial charge in [-0.25, -0.2) is 4.79 Å². The molecule has 0 aliphatic rings. The minimum Gasteiger partial charge on any atom is -0.443 e. The molecule has 0 saturated carbocycles. The summed E-state index contributed by atoms with van der Waals surface area (Å²) in [6, 6.07) is 0. The summed E-state index contributed by atoms with van der Waals surface area (Å²) in [5.41, 5.74) is 0.417. The average molecular weight is 267 g/mol. The van der Waals surface area contributed by atoms with Crippen molar-refractivity contribution in [3.63, 3.8) is 0 Å². The Kier molecular flexibility index (Phi) is 12.1. The summed E-state index contributed by atoms with van der Waals surface area (Å²) in [5.74, 6) is -0.332. The molecule has 4 N–H and O–H groups in total. The van der Waals surface area contributed by atoms with E-state index in [2.05, 4.69) is 32.7 Å². The van der Waals surface area contributed by atoms with Crippen LogP contribution in [0, 0.1) is 0 Å². The molecule has 0 radical (unpaired) electrons. The summed E-state index contributed by atoms with van der Waals surface area (Å²) in [6.07, 6.45) is 1.50. The van der Waals surface area contributed by atoms with Crippen molar-refractivity contribution in [1.82, 2.24) is 11.5 Å². The van der Waals surface area contributed by atoms with Crippen LogP contribution in [0.5, 0.6) is 0 Å². The highest BCUT2D eigenvalue weighted by molar-refractivity contribution is 5.87. The van der Waals surface area contributed by atoms with Crippen LogP contribution in [0.3, 0.4) is 0 Å². The van der Waals surface area contributed by atoms with Crippen molar-refractivity contribution in [2.24, 2.45) is 0 Å². The molecule has 0 spiro atoms. The topological polar surface area (TPSA) is 73.3 Å². The van der Waals surface area contributed by atoms with Crippen molar-refractivity contribution >= 4 is 18.4 Å². The normalized spacial score (nSPS) is 11.8. The Bertz CT molecular complexity index is 243. The monoisotopic (exact) mass is 266 g/mol. The van der Waals surface area contributed by atoms with Crippen LogP contribution < -0.4 is 11.5 Å². The van der Waals surface area contributed by atoms with Gasteiger partial charge in [-0.2, -0.15) is 0 Å². The first kappa shape index (κ1) is 21.7. The Labute approximate surface area is 111 Å². The van der Waals surface area contributed by atoms with E-state index in [0.717, 1.165) is 12.8 Å². The third-order valence-corrected chi connectivity index (χ3v) is 2.40. The molecule has 0 aliphatic carbocycles. The Hall–Kier alpha value is -0.580. The second-order valence-electron chi connectivity index (χ2n) is 4.46. The Morgan fingerprint density at radius 2 is 1.88 bits per heavy atom. The molecule has 0 aliphatic heterocycles. The van der Waals surface area contributed by atoms with Gasteiger partial charge < -0.3 is 10.9 Å². The predicted octanol–water partition coefficient (Wildman–Crippen LogP) is 3.20. The van der Waals surface area contributed by atoms with Crippen LogP contribution in [-0.4, -0.2) is 17.7 Å². The number of ether oxygens (including phenoxy) is 1. The fourth-order valence-electron chi connectivity index (χ4n) is 0.983. The molecular weight excluding hydrogens is 240 g/mol. The van der Waals surface area contributed by atoms with Gasteiger partial charge in [-0.05, 0) is 33.6 Å². The van der Waals surface area contributed by atoms with E-state index in [1.54, 1.807) is 6.92 Å². The SMILES string of the molecule is C=C(C)C(=O)OC(CC)NC(C)(C)CC.Cl.N. The lowest BCUT2D eigenvalue weighted by Crippen LogP contribution is -2.47. The first-order chi connectivity index (χ1) is 6.82. The van der Waals surface area contributed by atoms with E-state index in [0.29, 0.717) is 5.57 Å². The summed E-state index contributed by atoms with van der Waals surface area (Å²) >= 11 is 0. The molecule has 17 heavy (non-hydrogen) atoms.